The van der Waals surface area contributed by atoms with Crippen LogP contribution in [0.15, 0.2) is 0 Å². The fraction of sp³-hybridized carbons (Fsp3) is 0.583. The number of aromatic nitrogens is 2. The molecule has 0 spiro atoms. The number of rotatable bonds is 5. The smallest absolute Gasteiger partial charge is 0.345 e. The summed E-state index contributed by atoms with van der Waals surface area (Å²) >= 11 is 0. The van der Waals surface area contributed by atoms with Gasteiger partial charge in [-0.15, -0.1) is 0 Å². The molecule has 0 aromatic carbocycles. The molecule has 9 nitrogen and oxygen atoms in total. The molecule has 0 bridgehead atoms. The molecule has 1 aliphatic rings. The number of nitrogens with two attached hydrogens (primary N) is 1. The summed E-state index contributed by atoms with van der Waals surface area (Å²) in [5.41, 5.74) is 5.89. The van der Waals surface area contributed by atoms with Crippen molar-refractivity contribution in [1.29, 1.82) is 0 Å². The van der Waals surface area contributed by atoms with Gasteiger partial charge in [-0.25, -0.2) is 9.48 Å². The third-order valence-electron chi connectivity index (χ3n) is 3.30. The van der Waals surface area contributed by atoms with Crippen molar-refractivity contribution in [3.63, 3.8) is 0 Å². The van der Waals surface area contributed by atoms with E-state index in [0.29, 0.717) is 0 Å². The minimum atomic E-state index is -1.09. The van der Waals surface area contributed by atoms with Crippen molar-refractivity contribution in [2.24, 2.45) is 0 Å². The molecule has 1 saturated heterocycles. The zero-order chi connectivity index (χ0) is 15.4. The van der Waals surface area contributed by atoms with Crippen LogP contribution in [0.25, 0.3) is 0 Å². The maximum Gasteiger partial charge on any atom is 0.345 e. The van der Waals surface area contributed by atoms with E-state index in [9.17, 15) is 9.59 Å². The van der Waals surface area contributed by atoms with Gasteiger partial charge < -0.3 is 26.2 Å². The highest BCUT2D eigenvalue weighted by atomic mass is 16.5. The summed E-state index contributed by atoms with van der Waals surface area (Å²) in [7, 11) is 1.24. The van der Waals surface area contributed by atoms with Crippen LogP contribution in [-0.2, 0) is 16.1 Å². The molecule has 0 aliphatic carbocycles. The van der Waals surface area contributed by atoms with Crippen LogP contribution in [0.2, 0.25) is 0 Å². The van der Waals surface area contributed by atoms with Crippen LogP contribution in [0.3, 0.4) is 0 Å². The first-order valence-corrected chi connectivity index (χ1v) is 6.66. The molecule has 5 N–H and O–H groups in total. The van der Waals surface area contributed by atoms with Gasteiger partial charge in [-0.1, -0.05) is 0 Å². The molecule has 0 amide bonds. The third-order valence-corrected chi connectivity index (χ3v) is 3.30. The Morgan fingerprint density at radius 1 is 1.62 bits per heavy atom. The molecular weight excluding hydrogens is 278 g/mol. The SMILES string of the molecule is COC(=O)c1c(NC2CCCNC2)nn(CC(=O)O)c1N. The van der Waals surface area contributed by atoms with Crippen LogP contribution in [0.5, 0.6) is 0 Å². The largest absolute Gasteiger partial charge is 0.480 e. The second-order valence-corrected chi connectivity index (χ2v) is 4.84. The lowest BCUT2D eigenvalue weighted by atomic mass is 10.1. The summed E-state index contributed by atoms with van der Waals surface area (Å²) < 4.78 is 5.77. The molecule has 9 heteroatoms. The van der Waals surface area contributed by atoms with Crippen LogP contribution in [0.4, 0.5) is 11.6 Å². The Labute approximate surface area is 121 Å². The maximum absolute atomic E-state index is 11.8. The highest BCUT2D eigenvalue weighted by molar-refractivity contribution is 5.99. The van der Waals surface area contributed by atoms with E-state index < -0.39 is 18.5 Å². The summed E-state index contributed by atoms with van der Waals surface area (Å²) in [6.45, 7) is 1.28. The van der Waals surface area contributed by atoms with Gasteiger partial charge in [-0.05, 0) is 19.4 Å². The zero-order valence-corrected chi connectivity index (χ0v) is 11.8. The molecule has 1 atom stereocenters. The van der Waals surface area contributed by atoms with Crippen LogP contribution in [0.1, 0.15) is 23.2 Å². The van der Waals surface area contributed by atoms with Crippen LogP contribution in [-0.4, -0.2) is 53.1 Å². The lowest BCUT2D eigenvalue weighted by molar-refractivity contribution is -0.137. The number of aliphatic carboxylic acids is 1. The minimum Gasteiger partial charge on any atom is -0.480 e. The van der Waals surface area contributed by atoms with Crippen molar-refractivity contribution in [2.75, 3.05) is 31.2 Å². The number of carbonyl (C=O) groups is 2. The van der Waals surface area contributed by atoms with Crippen LogP contribution >= 0.6 is 0 Å². The maximum atomic E-state index is 11.8. The molecule has 116 valence electrons. The van der Waals surface area contributed by atoms with E-state index in [0.717, 1.165) is 30.6 Å². The highest BCUT2D eigenvalue weighted by Gasteiger charge is 2.26. The summed E-state index contributed by atoms with van der Waals surface area (Å²) in [5, 5.41) is 19.3. The molecule has 2 rings (SSSR count). The molecule has 1 fully saturated rings. The van der Waals surface area contributed by atoms with Crippen molar-refractivity contribution in [2.45, 2.75) is 25.4 Å². The van der Waals surface area contributed by atoms with E-state index in [1.807, 2.05) is 0 Å². The van der Waals surface area contributed by atoms with Crippen molar-refractivity contribution in [3.8, 4) is 0 Å². The third kappa shape index (κ3) is 3.43. The molecule has 21 heavy (non-hydrogen) atoms. The number of esters is 1. The quantitative estimate of drug-likeness (QED) is 0.535. The van der Waals surface area contributed by atoms with Gasteiger partial charge in [0, 0.05) is 12.6 Å². The highest BCUT2D eigenvalue weighted by Crippen LogP contribution is 2.24. The first kappa shape index (κ1) is 15.1. The van der Waals surface area contributed by atoms with Gasteiger partial charge in [-0.3, -0.25) is 4.79 Å². The van der Waals surface area contributed by atoms with E-state index >= 15 is 0 Å². The van der Waals surface area contributed by atoms with Gasteiger partial charge in [0.25, 0.3) is 0 Å². The van der Waals surface area contributed by atoms with Crippen molar-refractivity contribution in [3.05, 3.63) is 5.56 Å². The monoisotopic (exact) mass is 297 g/mol. The van der Waals surface area contributed by atoms with Gasteiger partial charge in [0.05, 0.1) is 7.11 Å². The molecule has 0 radical (unpaired) electrons. The molecular formula is C12H19N5O4. The number of hydrogen-bond acceptors (Lipinski definition) is 7. The van der Waals surface area contributed by atoms with Crippen molar-refractivity contribution < 1.29 is 19.4 Å². The fourth-order valence-electron chi connectivity index (χ4n) is 2.30. The number of ether oxygens (including phenoxy) is 1. The lowest BCUT2D eigenvalue weighted by Crippen LogP contribution is -2.38. The molecule has 1 aromatic rings. The van der Waals surface area contributed by atoms with Crippen LogP contribution in [0, 0.1) is 0 Å². The van der Waals surface area contributed by atoms with Gasteiger partial charge in [0.2, 0.25) is 0 Å². The molecule has 2 heterocycles. The Bertz CT molecular complexity index is 536. The number of carboxylic acids is 1. The second-order valence-electron chi connectivity index (χ2n) is 4.84. The van der Waals surface area contributed by atoms with Crippen molar-refractivity contribution in [1.82, 2.24) is 15.1 Å². The lowest BCUT2D eigenvalue weighted by Gasteiger charge is -2.23. The summed E-state index contributed by atoms with van der Waals surface area (Å²) in [6, 6.07) is 0.106. The van der Waals surface area contributed by atoms with Gasteiger partial charge >= 0.3 is 11.9 Å². The predicted molar refractivity (Wildman–Crippen MR) is 75.1 cm³/mol. The Kier molecular flexibility index (Phi) is 4.63. The summed E-state index contributed by atoms with van der Waals surface area (Å²) in [5.74, 6) is -1.49. The first-order valence-electron chi connectivity index (χ1n) is 6.66. The van der Waals surface area contributed by atoms with Gasteiger partial charge in [0.15, 0.2) is 5.82 Å². The number of methoxy groups -OCH3 is 1. The Hall–Kier alpha value is -2.29. The van der Waals surface area contributed by atoms with Gasteiger partial charge in [-0.2, -0.15) is 5.10 Å². The number of carbonyl (C=O) groups excluding carboxylic acids is 1. The second kappa shape index (κ2) is 6.44. The molecule has 1 unspecified atom stereocenters. The van der Waals surface area contributed by atoms with Crippen LogP contribution < -0.4 is 16.4 Å². The number of anilines is 2. The summed E-state index contributed by atoms with van der Waals surface area (Å²) in [4.78, 5) is 22.6. The zero-order valence-electron chi connectivity index (χ0n) is 11.8. The average molecular weight is 297 g/mol. The number of carboxylic acid groups (broad SMARTS) is 1. The Morgan fingerprint density at radius 2 is 2.38 bits per heavy atom. The molecule has 1 aliphatic heterocycles. The van der Waals surface area contributed by atoms with Gasteiger partial charge in [0.1, 0.15) is 17.9 Å². The standard InChI is InChI=1S/C12H19N5O4/c1-21-12(20)9-10(13)17(6-8(18)19)16-11(9)15-7-3-2-4-14-5-7/h7,14H,2-6,13H2,1H3,(H,15,16)(H,18,19). The Balaban J connectivity index is 2.28. The first-order chi connectivity index (χ1) is 10.0. The molecule has 0 saturated carbocycles. The van der Waals surface area contributed by atoms with Crippen molar-refractivity contribution >= 4 is 23.6 Å². The predicted octanol–water partition coefficient (Wildman–Crippen LogP) is -0.500. The number of piperidine rings is 1. The Morgan fingerprint density at radius 3 is 2.95 bits per heavy atom. The fourth-order valence-corrected chi connectivity index (χ4v) is 2.30. The van der Waals surface area contributed by atoms with E-state index in [1.54, 1.807) is 0 Å². The van der Waals surface area contributed by atoms with E-state index in [1.165, 1.54) is 7.11 Å². The topological polar surface area (TPSA) is 132 Å². The normalized spacial score (nSPS) is 18.2. The van der Waals surface area contributed by atoms with E-state index in [2.05, 4.69) is 20.5 Å². The number of nitrogens with zero attached hydrogens (tertiary/aromatic N) is 2. The summed E-state index contributed by atoms with van der Waals surface area (Å²) in [6.07, 6.45) is 1.94. The number of hydrogen-bond donors (Lipinski definition) is 4. The van der Waals surface area contributed by atoms with E-state index in [-0.39, 0.29) is 23.2 Å². The van der Waals surface area contributed by atoms with E-state index in [4.69, 9.17) is 10.8 Å². The molecule has 1 aromatic heterocycles. The number of nitrogens with one attached hydrogen (secondary N) is 2. The number of nitrogen functional groups attached to an aromatic ring is 1. The average Bonchev–Trinajstić information content (AvgIpc) is 2.75. The minimum absolute atomic E-state index is 0.0180.